The van der Waals surface area contributed by atoms with Gasteiger partial charge >= 0.3 is 6.09 Å². The molecule has 0 unspecified atom stereocenters. The summed E-state index contributed by atoms with van der Waals surface area (Å²) in [5, 5.41) is 1.12. The summed E-state index contributed by atoms with van der Waals surface area (Å²) in [6.07, 6.45) is 8.35. The molecular weight excluding hydrogens is 278 g/mol. The minimum Gasteiger partial charge on any atom is -0.444 e. The molecule has 1 aliphatic heterocycles. The summed E-state index contributed by atoms with van der Waals surface area (Å²) < 4.78 is 5.41. The summed E-state index contributed by atoms with van der Waals surface area (Å²) in [5.74, 6) is 0. The van der Waals surface area contributed by atoms with Crippen LogP contribution in [0.1, 0.15) is 32.8 Å². The molecule has 2 aromatic heterocycles. The normalized spacial score (nSPS) is 15.8. The zero-order valence-electron chi connectivity index (χ0n) is 13.2. The Bertz CT molecular complexity index is 725. The second-order valence-electron chi connectivity index (χ2n) is 6.53. The highest BCUT2D eigenvalue weighted by Gasteiger charge is 2.24. The van der Waals surface area contributed by atoms with E-state index >= 15 is 0 Å². The van der Waals surface area contributed by atoms with E-state index in [2.05, 4.69) is 16.0 Å². The topological polar surface area (TPSA) is 58.2 Å². The maximum Gasteiger partial charge on any atom is 0.410 e. The molecule has 0 saturated carbocycles. The van der Waals surface area contributed by atoms with Crippen LogP contribution in [-0.4, -0.2) is 39.7 Å². The molecule has 0 atom stereocenters. The number of rotatable bonds is 1. The minimum absolute atomic E-state index is 0.247. The monoisotopic (exact) mass is 299 g/mol. The molecule has 116 valence electrons. The van der Waals surface area contributed by atoms with Crippen LogP contribution in [0.3, 0.4) is 0 Å². The van der Waals surface area contributed by atoms with Gasteiger partial charge in [-0.2, -0.15) is 0 Å². The van der Waals surface area contributed by atoms with Crippen LogP contribution in [0.15, 0.2) is 30.7 Å². The number of carbonyl (C=O) groups excluding carboxylic acids is 1. The van der Waals surface area contributed by atoms with Gasteiger partial charge in [0.05, 0.1) is 0 Å². The molecule has 22 heavy (non-hydrogen) atoms. The Morgan fingerprint density at radius 1 is 1.41 bits per heavy atom. The highest BCUT2D eigenvalue weighted by atomic mass is 16.6. The standard InChI is InChI=1S/C17H21N3O2/c1-17(2,3)22-16(21)20-8-5-12(6-9-20)13-11-19-15-4-7-18-10-14(13)15/h4-5,7,10-11,19H,6,8-9H2,1-3H3. The van der Waals surface area contributed by atoms with Crippen molar-refractivity contribution in [3.63, 3.8) is 0 Å². The molecule has 1 aliphatic rings. The molecule has 0 radical (unpaired) electrons. The zero-order chi connectivity index (χ0) is 15.7. The van der Waals surface area contributed by atoms with Gasteiger partial charge in [-0.1, -0.05) is 6.08 Å². The Hall–Kier alpha value is -2.30. The number of hydrogen-bond acceptors (Lipinski definition) is 3. The van der Waals surface area contributed by atoms with E-state index < -0.39 is 5.60 Å². The zero-order valence-corrected chi connectivity index (χ0v) is 13.2. The number of carbonyl (C=O) groups is 1. The first-order valence-electron chi connectivity index (χ1n) is 7.52. The third-order valence-electron chi connectivity index (χ3n) is 3.69. The molecular formula is C17H21N3O2. The van der Waals surface area contributed by atoms with Gasteiger partial charge in [0.2, 0.25) is 0 Å². The lowest BCUT2D eigenvalue weighted by atomic mass is 10.00. The van der Waals surface area contributed by atoms with Crippen LogP contribution in [0.4, 0.5) is 4.79 Å². The highest BCUT2D eigenvalue weighted by Crippen LogP contribution is 2.29. The van der Waals surface area contributed by atoms with Crippen molar-refractivity contribution in [3.05, 3.63) is 36.3 Å². The van der Waals surface area contributed by atoms with Crippen molar-refractivity contribution >= 4 is 22.6 Å². The van der Waals surface area contributed by atoms with Gasteiger partial charge < -0.3 is 14.6 Å². The molecule has 0 fully saturated rings. The van der Waals surface area contributed by atoms with Crippen molar-refractivity contribution in [2.45, 2.75) is 32.8 Å². The largest absolute Gasteiger partial charge is 0.444 e. The van der Waals surface area contributed by atoms with E-state index in [1.54, 1.807) is 11.1 Å². The Morgan fingerprint density at radius 2 is 2.23 bits per heavy atom. The Morgan fingerprint density at radius 3 is 2.91 bits per heavy atom. The maximum absolute atomic E-state index is 12.1. The maximum atomic E-state index is 12.1. The lowest BCUT2D eigenvalue weighted by Gasteiger charge is -2.29. The quantitative estimate of drug-likeness (QED) is 0.875. The summed E-state index contributed by atoms with van der Waals surface area (Å²) in [7, 11) is 0. The molecule has 5 nitrogen and oxygen atoms in total. The fourth-order valence-corrected chi connectivity index (χ4v) is 2.63. The summed E-state index contributed by atoms with van der Waals surface area (Å²) >= 11 is 0. The van der Waals surface area contributed by atoms with Crippen LogP contribution in [-0.2, 0) is 4.74 Å². The van der Waals surface area contributed by atoms with Gasteiger partial charge in [-0.3, -0.25) is 4.98 Å². The van der Waals surface area contributed by atoms with Crippen molar-refractivity contribution in [2.75, 3.05) is 13.1 Å². The summed E-state index contributed by atoms with van der Waals surface area (Å²) in [6.45, 7) is 6.91. The molecule has 0 saturated heterocycles. The van der Waals surface area contributed by atoms with E-state index in [0.717, 1.165) is 17.3 Å². The number of ether oxygens (including phenoxy) is 1. The van der Waals surface area contributed by atoms with E-state index in [1.165, 1.54) is 11.1 Å². The van der Waals surface area contributed by atoms with Crippen molar-refractivity contribution < 1.29 is 9.53 Å². The number of aromatic nitrogens is 2. The summed E-state index contributed by atoms with van der Waals surface area (Å²) in [6, 6.07) is 1.97. The summed E-state index contributed by atoms with van der Waals surface area (Å²) in [5.41, 5.74) is 3.05. The number of nitrogens with zero attached hydrogens (tertiary/aromatic N) is 2. The fraction of sp³-hybridized carbons (Fsp3) is 0.412. The molecule has 1 N–H and O–H groups in total. The van der Waals surface area contributed by atoms with Gasteiger partial charge in [-0.15, -0.1) is 0 Å². The van der Waals surface area contributed by atoms with E-state index in [9.17, 15) is 4.79 Å². The fourth-order valence-electron chi connectivity index (χ4n) is 2.63. The smallest absolute Gasteiger partial charge is 0.410 e. The van der Waals surface area contributed by atoms with Crippen molar-refractivity contribution in [1.29, 1.82) is 0 Å². The van der Waals surface area contributed by atoms with Gasteiger partial charge in [0.1, 0.15) is 5.60 Å². The van der Waals surface area contributed by atoms with Crippen molar-refractivity contribution in [1.82, 2.24) is 14.9 Å². The molecule has 2 aromatic rings. The van der Waals surface area contributed by atoms with E-state index in [4.69, 9.17) is 4.74 Å². The average molecular weight is 299 g/mol. The number of nitrogens with one attached hydrogen (secondary N) is 1. The van der Waals surface area contributed by atoms with Gasteiger partial charge in [0, 0.05) is 48.1 Å². The van der Waals surface area contributed by atoms with Crippen LogP contribution in [0.5, 0.6) is 0 Å². The van der Waals surface area contributed by atoms with E-state index in [0.29, 0.717) is 13.1 Å². The molecule has 3 rings (SSSR count). The predicted octanol–water partition coefficient (Wildman–Crippen LogP) is 3.59. The number of H-pyrrole nitrogens is 1. The third-order valence-corrected chi connectivity index (χ3v) is 3.69. The van der Waals surface area contributed by atoms with E-state index in [1.807, 2.05) is 39.2 Å². The molecule has 1 amide bonds. The SMILES string of the molecule is CC(C)(C)OC(=O)N1CC=C(c2c[nH]c3ccncc23)CC1. The first kappa shape index (κ1) is 14.6. The van der Waals surface area contributed by atoms with Gasteiger partial charge in [0.15, 0.2) is 0 Å². The van der Waals surface area contributed by atoms with Gasteiger partial charge in [-0.05, 0) is 38.8 Å². The van der Waals surface area contributed by atoms with Crippen LogP contribution < -0.4 is 0 Å². The molecule has 5 heteroatoms. The number of aromatic amines is 1. The third kappa shape index (κ3) is 2.98. The molecule has 0 aliphatic carbocycles. The van der Waals surface area contributed by atoms with Crippen molar-refractivity contribution in [2.24, 2.45) is 0 Å². The van der Waals surface area contributed by atoms with E-state index in [-0.39, 0.29) is 6.09 Å². The lowest BCUT2D eigenvalue weighted by molar-refractivity contribution is 0.0270. The predicted molar refractivity (Wildman–Crippen MR) is 86.5 cm³/mol. The summed E-state index contributed by atoms with van der Waals surface area (Å²) in [4.78, 5) is 21.3. The first-order chi connectivity index (χ1) is 10.4. The molecule has 0 aromatic carbocycles. The highest BCUT2D eigenvalue weighted by molar-refractivity contribution is 5.92. The van der Waals surface area contributed by atoms with Gasteiger partial charge in [-0.25, -0.2) is 4.79 Å². The number of pyridine rings is 1. The van der Waals surface area contributed by atoms with Crippen LogP contribution in [0.2, 0.25) is 0 Å². The number of hydrogen-bond donors (Lipinski definition) is 1. The second kappa shape index (κ2) is 5.48. The Kier molecular flexibility index (Phi) is 3.64. The number of fused-ring (bicyclic) bond motifs is 1. The molecule has 0 bridgehead atoms. The van der Waals surface area contributed by atoms with Crippen LogP contribution >= 0.6 is 0 Å². The van der Waals surface area contributed by atoms with Crippen LogP contribution in [0.25, 0.3) is 16.5 Å². The first-order valence-corrected chi connectivity index (χ1v) is 7.52. The van der Waals surface area contributed by atoms with Crippen LogP contribution in [0, 0.1) is 0 Å². The second-order valence-corrected chi connectivity index (χ2v) is 6.53. The Balaban J connectivity index is 1.75. The molecule has 3 heterocycles. The van der Waals surface area contributed by atoms with Gasteiger partial charge in [0.25, 0.3) is 0 Å². The minimum atomic E-state index is -0.455. The average Bonchev–Trinajstić information content (AvgIpc) is 2.89. The molecule has 0 spiro atoms. The van der Waals surface area contributed by atoms with Crippen molar-refractivity contribution in [3.8, 4) is 0 Å². The number of amides is 1. The Labute approximate surface area is 130 Å². The lowest BCUT2D eigenvalue weighted by Crippen LogP contribution is -2.39.